The van der Waals surface area contributed by atoms with E-state index in [9.17, 15) is 4.79 Å². The van der Waals surface area contributed by atoms with Crippen LogP contribution in [0.2, 0.25) is 0 Å². The van der Waals surface area contributed by atoms with Gasteiger partial charge in [0, 0.05) is 5.56 Å². The van der Waals surface area contributed by atoms with Crippen LogP contribution in [0.3, 0.4) is 0 Å². The van der Waals surface area contributed by atoms with Gasteiger partial charge in [-0.25, -0.2) is 0 Å². The van der Waals surface area contributed by atoms with Gasteiger partial charge in [0.1, 0.15) is 0 Å². The van der Waals surface area contributed by atoms with E-state index in [4.69, 9.17) is 0 Å². The molecule has 0 N–H and O–H groups in total. The Bertz CT molecular complexity index is 439. The minimum Gasteiger partial charge on any atom is -0.293 e. The van der Waals surface area contributed by atoms with Crippen molar-refractivity contribution in [3.63, 3.8) is 0 Å². The molecule has 3 rings (SSSR count). The van der Waals surface area contributed by atoms with E-state index in [1.165, 1.54) is 31.2 Å². The molecule has 2 heteroatoms. The van der Waals surface area contributed by atoms with Crippen molar-refractivity contribution in [1.29, 1.82) is 0 Å². The van der Waals surface area contributed by atoms with Crippen molar-refractivity contribution >= 4 is 17.5 Å². The molecular formula is C16H20OS. The minimum atomic E-state index is -0.169. The van der Waals surface area contributed by atoms with E-state index >= 15 is 0 Å². The quantitative estimate of drug-likeness (QED) is 0.748. The molecule has 18 heavy (non-hydrogen) atoms. The second kappa shape index (κ2) is 4.73. The molecule has 1 aromatic carbocycles. The zero-order chi connectivity index (χ0) is 12.6. The number of thioether (sulfide) groups is 1. The topological polar surface area (TPSA) is 17.1 Å². The summed E-state index contributed by atoms with van der Waals surface area (Å²) in [4.78, 5) is 12.5. The van der Waals surface area contributed by atoms with Gasteiger partial charge in [0.2, 0.25) is 0 Å². The summed E-state index contributed by atoms with van der Waals surface area (Å²) in [5, 5.41) is 0. The first kappa shape index (κ1) is 12.3. The molecule has 1 aliphatic carbocycles. The fourth-order valence-electron chi connectivity index (χ4n) is 2.91. The van der Waals surface area contributed by atoms with E-state index in [2.05, 4.69) is 19.1 Å². The van der Waals surface area contributed by atoms with Gasteiger partial charge in [-0.1, -0.05) is 30.7 Å². The third kappa shape index (κ3) is 2.11. The fourth-order valence-corrected chi connectivity index (χ4v) is 4.19. The van der Waals surface area contributed by atoms with E-state index in [0.717, 1.165) is 23.7 Å². The normalized spacial score (nSPS) is 28.1. The molecule has 1 unspecified atom stereocenters. The van der Waals surface area contributed by atoms with Crippen LogP contribution in [0.4, 0.5) is 0 Å². The Morgan fingerprint density at radius 3 is 2.44 bits per heavy atom. The van der Waals surface area contributed by atoms with Crippen molar-refractivity contribution in [3.8, 4) is 0 Å². The molecule has 1 atom stereocenters. The van der Waals surface area contributed by atoms with Crippen LogP contribution >= 0.6 is 11.8 Å². The molecule has 1 saturated carbocycles. The first-order chi connectivity index (χ1) is 8.69. The number of Topliss-reactive ketones (excluding diaryl/α,β-unsaturated/α-hetero) is 1. The van der Waals surface area contributed by atoms with E-state index in [0.29, 0.717) is 5.78 Å². The predicted molar refractivity (Wildman–Crippen MR) is 77.5 cm³/mol. The Morgan fingerprint density at radius 2 is 1.94 bits per heavy atom. The summed E-state index contributed by atoms with van der Waals surface area (Å²) in [5.41, 5.74) is 2.32. The Hall–Kier alpha value is -0.760. The molecule has 1 aromatic rings. The number of carbonyl (C=O) groups excluding carboxylic acids is 1. The zero-order valence-electron chi connectivity index (χ0n) is 10.9. The maximum absolute atomic E-state index is 12.5. The van der Waals surface area contributed by atoms with E-state index in [1.807, 2.05) is 23.9 Å². The second-order valence-electron chi connectivity index (χ2n) is 5.76. The van der Waals surface area contributed by atoms with Crippen molar-refractivity contribution in [2.75, 3.05) is 5.75 Å². The fraction of sp³-hybridized carbons (Fsp3) is 0.562. The second-order valence-corrected chi connectivity index (χ2v) is 7.36. The molecule has 0 amide bonds. The number of carbonyl (C=O) groups is 1. The van der Waals surface area contributed by atoms with Gasteiger partial charge in [0.15, 0.2) is 5.78 Å². The third-order valence-electron chi connectivity index (χ3n) is 4.45. The molecular weight excluding hydrogens is 240 g/mol. The van der Waals surface area contributed by atoms with Crippen molar-refractivity contribution in [2.45, 2.75) is 49.7 Å². The van der Waals surface area contributed by atoms with Crippen LogP contribution in [0.25, 0.3) is 0 Å². The Kier molecular flexibility index (Phi) is 3.23. The predicted octanol–water partition coefficient (Wildman–Crippen LogP) is 4.42. The molecule has 2 fully saturated rings. The standard InChI is InChI=1S/C16H20OS/c1-16(10-3-11-18-16)15(17)14-8-6-13(7-9-14)12-4-2-5-12/h6-9,12H,2-5,10-11H2,1H3. The van der Waals surface area contributed by atoms with Crippen molar-refractivity contribution in [3.05, 3.63) is 35.4 Å². The van der Waals surface area contributed by atoms with E-state index in [1.54, 1.807) is 0 Å². The number of hydrogen-bond donors (Lipinski definition) is 0. The van der Waals surface area contributed by atoms with Crippen LogP contribution < -0.4 is 0 Å². The molecule has 0 bridgehead atoms. The van der Waals surface area contributed by atoms with Gasteiger partial charge in [-0.05, 0) is 49.8 Å². The van der Waals surface area contributed by atoms with Crippen LogP contribution in [0.1, 0.15) is 60.9 Å². The lowest BCUT2D eigenvalue weighted by Gasteiger charge is -2.26. The largest absolute Gasteiger partial charge is 0.293 e. The highest BCUT2D eigenvalue weighted by Gasteiger charge is 2.37. The van der Waals surface area contributed by atoms with Crippen molar-refractivity contribution in [2.24, 2.45) is 0 Å². The summed E-state index contributed by atoms with van der Waals surface area (Å²) in [5.74, 6) is 2.21. The van der Waals surface area contributed by atoms with Gasteiger partial charge in [-0.2, -0.15) is 0 Å². The minimum absolute atomic E-state index is 0.169. The van der Waals surface area contributed by atoms with E-state index in [-0.39, 0.29) is 4.75 Å². The monoisotopic (exact) mass is 260 g/mol. The average molecular weight is 260 g/mol. The summed E-state index contributed by atoms with van der Waals surface area (Å²) in [7, 11) is 0. The van der Waals surface area contributed by atoms with Gasteiger partial charge < -0.3 is 0 Å². The van der Waals surface area contributed by atoms with Crippen LogP contribution in [-0.4, -0.2) is 16.3 Å². The highest BCUT2D eigenvalue weighted by molar-refractivity contribution is 8.01. The molecule has 1 heterocycles. The lowest BCUT2D eigenvalue weighted by molar-refractivity contribution is 0.0949. The Labute approximate surface area is 113 Å². The number of rotatable bonds is 3. The van der Waals surface area contributed by atoms with Crippen LogP contribution in [0.15, 0.2) is 24.3 Å². The van der Waals surface area contributed by atoms with Crippen LogP contribution in [-0.2, 0) is 0 Å². The number of hydrogen-bond acceptors (Lipinski definition) is 2. The third-order valence-corrected chi connectivity index (χ3v) is 5.97. The van der Waals surface area contributed by atoms with Gasteiger partial charge >= 0.3 is 0 Å². The maximum atomic E-state index is 12.5. The maximum Gasteiger partial charge on any atom is 0.178 e. The molecule has 96 valence electrons. The Morgan fingerprint density at radius 1 is 1.22 bits per heavy atom. The number of ketones is 1. The lowest BCUT2D eigenvalue weighted by Crippen LogP contribution is -2.28. The zero-order valence-corrected chi connectivity index (χ0v) is 11.8. The molecule has 1 nitrogen and oxygen atoms in total. The molecule has 0 radical (unpaired) electrons. The van der Waals surface area contributed by atoms with Gasteiger partial charge in [0.25, 0.3) is 0 Å². The number of benzene rings is 1. The first-order valence-electron chi connectivity index (χ1n) is 6.98. The molecule has 0 spiro atoms. The van der Waals surface area contributed by atoms with Gasteiger partial charge in [-0.3, -0.25) is 4.79 Å². The smallest absolute Gasteiger partial charge is 0.178 e. The molecule has 2 aliphatic rings. The lowest BCUT2D eigenvalue weighted by atomic mass is 9.79. The summed E-state index contributed by atoms with van der Waals surface area (Å²) >= 11 is 1.82. The summed E-state index contributed by atoms with van der Waals surface area (Å²) in [6, 6.07) is 8.42. The summed E-state index contributed by atoms with van der Waals surface area (Å²) in [6.07, 6.45) is 6.20. The highest BCUT2D eigenvalue weighted by atomic mass is 32.2. The average Bonchev–Trinajstić information content (AvgIpc) is 2.75. The summed E-state index contributed by atoms with van der Waals surface area (Å²) in [6.45, 7) is 2.10. The SMILES string of the molecule is CC1(C(=O)c2ccc(C3CCC3)cc2)CCCS1. The Balaban J connectivity index is 1.77. The molecule has 1 aliphatic heterocycles. The van der Waals surface area contributed by atoms with Gasteiger partial charge in [0.05, 0.1) is 4.75 Å². The highest BCUT2D eigenvalue weighted by Crippen LogP contribution is 2.41. The van der Waals surface area contributed by atoms with Crippen molar-refractivity contribution < 1.29 is 4.79 Å². The van der Waals surface area contributed by atoms with Gasteiger partial charge in [-0.15, -0.1) is 11.8 Å². The molecule has 1 saturated heterocycles. The van der Waals surface area contributed by atoms with E-state index < -0.39 is 0 Å². The summed E-state index contributed by atoms with van der Waals surface area (Å²) < 4.78 is -0.169. The first-order valence-corrected chi connectivity index (χ1v) is 7.96. The molecule has 0 aromatic heterocycles. The van der Waals surface area contributed by atoms with Crippen molar-refractivity contribution in [1.82, 2.24) is 0 Å². The van der Waals surface area contributed by atoms with Crippen LogP contribution in [0.5, 0.6) is 0 Å². The van der Waals surface area contributed by atoms with Crippen LogP contribution in [0, 0.1) is 0 Å².